The fraction of sp³-hybridized carbons (Fsp3) is 0.565. The predicted molar refractivity (Wildman–Crippen MR) is 118 cm³/mol. The van der Waals surface area contributed by atoms with Gasteiger partial charge in [-0.25, -0.2) is 0 Å². The standard InChI is InChI=1S/C23H33N5O/c1-24-22(26-17-21-20-8-4-3-7-19(20)9-12-25-21)27-18-23(10-5-2-6-11-23)28-13-15-29-16-14-28/h3-4,7-9,12H,2,5-6,10-11,13-18H2,1H3,(H2,24,26,27). The number of aliphatic imine (C=N–C) groups is 1. The molecule has 4 rings (SSSR count). The van der Waals surface area contributed by atoms with E-state index in [9.17, 15) is 0 Å². The molecule has 0 atom stereocenters. The molecule has 2 N–H and O–H groups in total. The molecule has 1 aromatic heterocycles. The van der Waals surface area contributed by atoms with E-state index in [0.29, 0.717) is 6.54 Å². The number of ether oxygens (including phenoxy) is 1. The number of pyridine rings is 1. The van der Waals surface area contributed by atoms with Gasteiger partial charge < -0.3 is 15.4 Å². The number of hydrogen-bond acceptors (Lipinski definition) is 4. The molecule has 2 heterocycles. The highest BCUT2D eigenvalue weighted by Crippen LogP contribution is 2.33. The number of guanidine groups is 1. The van der Waals surface area contributed by atoms with E-state index in [1.54, 1.807) is 0 Å². The van der Waals surface area contributed by atoms with Gasteiger partial charge in [-0.3, -0.25) is 14.9 Å². The molecule has 1 saturated carbocycles. The number of aromatic nitrogens is 1. The summed E-state index contributed by atoms with van der Waals surface area (Å²) in [5.74, 6) is 0.845. The summed E-state index contributed by atoms with van der Waals surface area (Å²) in [6.07, 6.45) is 8.36. The second kappa shape index (κ2) is 9.55. The Bertz CT molecular complexity index is 820. The number of hydrogen-bond donors (Lipinski definition) is 2. The van der Waals surface area contributed by atoms with E-state index in [2.05, 4.69) is 55.8 Å². The van der Waals surface area contributed by atoms with Crippen LogP contribution in [0.15, 0.2) is 41.5 Å². The molecule has 0 amide bonds. The Morgan fingerprint density at radius 2 is 1.90 bits per heavy atom. The number of nitrogens with one attached hydrogen (secondary N) is 2. The Morgan fingerprint density at radius 1 is 1.10 bits per heavy atom. The lowest BCUT2D eigenvalue weighted by Crippen LogP contribution is -2.60. The van der Waals surface area contributed by atoms with Crippen LogP contribution in [0.25, 0.3) is 10.8 Å². The van der Waals surface area contributed by atoms with Crippen LogP contribution in [0.4, 0.5) is 0 Å². The van der Waals surface area contributed by atoms with Crippen molar-refractivity contribution in [1.82, 2.24) is 20.5 Å². The predicted octanol–water partition coefficient (Wildman–Crippen LogP) is 2.93. The molecule has 2 aromatic rings. The zero-order chi connectivity index (χ0) is 19.9. The van der Waals surface area contributed by atoms with Crippen LogP contribution in [-0.4, -0.2) is 61.3 Å². The van der Waals surface area contributed by atoms with E-state index in [1.807, 2.05) is 13.2 Å². The largest absolute Gasteiger partial charge is 0.379 e. The van der Waals surface area contributed by atoms with Gasteiger partial charge in [0, 0.05) is 43.8 Å². The minimum absolute atomic E-state index is 0.220. The molecule has 0 spiro atoms. The first-order valence-corrected chi connectivity index (χ1v) is 10.9. The van der Waals surface area contributed by atoms with Crippen LogP contribution in [0.3, 0.4) is 0 Å². The second-order valence-electron chi connectivity index (χ2n) is 8.14. The molecule has 0 radical (unpaired) electrons. The van der Waals surface area contributed by atoms with Crippen LogP contribution in [0, 0.1) is 0 Å². The van der Waals surface area contributed by atoms with Gasteiger partial charge in [-0.15, -0.1) is 0 Å². The van der Waals surface area contributed by atoms with Gasteiger partial charge in [0.1, 0.15) is 0 Å². The quantitative estimate of drug-likeness (QED) is 0.602. The first kappa shape index (κ1) is 20.1. The van der Waals surface area contributed by atoms with E-state index < -0.39 is 0 Å². The van der Waals surface area contributed by atoms with Gasteiger partial charge in [-0.1, -0.05) is 43.5 Å². The van der Waals surface area contributed by atoms with Crippen molar-refractivity contribution in [3.8, 4) is 0 Å². The maximum absolute atomic E-state index is 5.60. The zero-order valence-corrected chi connectivity index (χ0v) is 17.5. The van der Waals surface area contributed by atoms with Gasteiger partial charge >= 0.3 is 0 Å². The molecule has 6 nitrogen and oxygen atoms in total. The van der Waals surface area contributed by atoms with Crippen LogP contribution in [-0.2, 0) is 11.3 Å². The van der Waals surface area contributed by atoms with Crippen molar-refractivity contribution in [1.29, 1.82) is 0 Å². The molecule has 0 bridgehead atoms. The van der Waals surface area contributed by atoms with Crippen molar-refractivity contribution in [2.45, 2.75) is 44.2 Å². The summed E-state index contributed by atoms with van der Waals surface area (Å²) in [5.41, 5.74) is 1.27. The van der Waals surface area contributed by atoms with E-state index in [0.717, 1.165) is 44.5 Å². The van der Waals surface area contributed by atoms with Gasteiger partial charge in [0.2, 0.25) is 0 Å². The van der Waals surface area contributed by atoms with Gasteiger partial charge in [0.05, 0.1) is 25.5 Å². The third-order valence-corrected chi connectivity index (χ3v) is 6.45. The fourth-order valence-corrected chi connectivity index (χ4v) is 4.81. The number of rotatable bonds is 5. The SMILES string of the molecule is CN=C(NCc1nccc2ccccc12)NCC1(N2CCOCC2)CCCCC1. The third kappa shape index (κ3) is 4.70. The summed E-state index contributed by atoms with van der Waals surface area (Å²) in [5, 5.41) is 9.50. The highest BCUT2D eigenvalue weighted by molar-refractivity contribution is 5.85. The van der Waals surface area contributed by atoms with Crippen molar-refractivity contribution >= 4 is 16.7 Å². The van der Waals surface area contributed by atoms with E-state index in [1.165, 1.54) is 42.9 Å². The smallest absolute Gasteiger partial charge is 0.191 e. The maximum atomic E-state index is 5.60. The highest BCUT2D eigenvalue weighted by Gasteiger charge is 2.38. The van der Waals surface area contributed by atoms with E-state index in [4.69, 9.17) is 4.74 Å². The van der Waals surface area contributed by atoms with Crippen LogP contribution >= 0.6 is 0 Å². The van der Waals surface area contributed by atoms with Crippen molar-refractivity contribution in [2.75, 3.05) is 39.9 Å². The monoisotopic (exact) mass is 395 g/mol. The number of morpholine rings is 1. The van der Waals surface area contributed by atoms with Gasteiger partial charge in [0.15, 0.2) is 5.96 Å². The van der Waals surface area contributed by atoms with Gasteiger partial charge in [-0.2, -0.15) is 0 Å². The van der Waals surface area contributed by atoms with E-state index in [-0.39, 0.29) is 5.54 Å². The Hall–Kier alpha value is -2.18. The number of benzene rings is 1. The Morgan fingerprint density at radius 3 is 2.69 bits per heavy atom. The van der Waals surface area contributed by atoms with Crippen LogP contribution in [0.5, 0.6) is 0 Å². The average molecular weight is 396 g/mol. The lowest BCUT2D eigenvalue weighted by atomic mass is 9.80. The van der Waals surface area contributed by atoms with Gasteiger partial charge in [0.25, 0.3) is 0 Å². The van der Waals surface area contributed by atoms with Crippen molar-refractivity contribution in [2.24, 2.45) is 4.99 Å². The Labute approximate surface area is 173 Å². The lowest BCUT2D eigenvalue weighted by molar-refractivity contribution is -0.0352. The van der Waals surface area contributed by atoms with Crippen molar-refractivity contribution in [3.63, 3.8) is 0 Å². The molecule has 6 heteroatoms. The summed E-state index contributed by atoms with van der Waals surface area (Å²) in [6, 6.07) is 10.4. The summed E-state index contributed by atoms with van der Waals surface area (Å²) in [6.45, 7) is 5.35. The molecule has 1 aliphatic heterocycles. The maximum Gasteiger partial charge on any atom is 0.191 e. The molecular formula is C23H33N5O. The zero-order valence-electron chi connectivity index (χ0n) is 17.5. The first-order valence-electron chi connectivity index (χ1n) is 10.9. The molecule has 1 aromatic carbocycles. The minimum Gasteiger partial charge on any atom is -0.379 e. The summed E-state index contributed by atoms with van der Waals surface area (Å²) < 4.78 is 5.60. The van der Waals surface area contributed by atoms with Crippen LogP contribution < -0.4 is 10.6 Å². The molecule has 1 aliphatic carbocycles. The number of fused-ring (bicyclic) bond motifs is 1. The summed E-state index contributed by atoms with van der Waals surface area (Å²) in [7, 11) is 1.84. The molecular weight excluding hydrogens is 362 g/mol. The van der Waals surface area contributed by atoms with Crippen molar-refractivity contribution in [3.05, 3.63) is 42.2 Å². The molecule has 29 heavy (non-hydrogen) atoms. The summed E-state index contributed by atoms with van der Waals surface area (Å²) in [4.78, 5) is 11.7. The molecule has 0 unspecified atom stereocenters. The third-order valence-electron chi connectivity index (χ3n) is 6.45. The number of nitrogens with zero attached hydrogens (tertiary/aromatic N) is 3. The fourth-order valence-electron chi connectivity index (χ4n) is 4.81. The Kier molecular flexibility index (Phi) is 6.62. The van der Waals surface area contributed by atoms with Crippen molar-refractivity contribution < 1.29 is 4.74 Å². The van der Waals surface area contributed by atoms with Crippen LogP contribution in [0.1, 0.15) is 37.8 Å². The molecule has 156 valence electrons. The normalized spacial score (nSPS) is 20.5. The first-order chi connectivity index (χ1) is 14.3. The topological polar surface area (TPSA) is 61.8 Å². The molecule has 1 saturated heterocycles. The highest BCUT2D eigenvalue weighted by atomic mass is 16.5. The minimum atomic E-state index is 0.220. The van der Waals surface area contributed by atoms with E-state index >= 15 is 0 Å². The molecule has 2 fully saturated rings. The lowest BCUT2D eigenvalue weighted by Gasteiger charge is -2.48. The second-order valence-corrected chi connectivity index (χ2v) is 8.14. The Balaban J connectivity index is 1.40. The average Bonchev–Trinajstić information content (AvgIpc) is 2.80. The molecule has 2 aliphatic rings. The van der Waals surface area contributed by atoms with Crippen LogP contribution in [0.2, 0.25) is 0 Å². The summed E-state index contributed by atoms with van der Waals surface area (Å²) >= 11 is 0. The van der Waals surface area contributed by atoms with Gasteiger partial charge in [-0.05, 0) is 24.3 Å².